The first-order valence-electron chi connectivity index (χ1n) is 13.4. The number of carbonyl (C=O) groups is 3. The van der Waals surface area contributed by atoms with Crippen LogP contribution in [0.5, 0.6) is 5.75 Å². The van der Waals surface area contributed by atoms with Crippen LogP contribution in [0.1, 0.15) is 35.3 Å². The molecular formula is C30H35FN4O5. The maximum atomic E-state index is 14.2. The molecule has 2 aromatic carbocycles. The minimum atomic E-state index is -0.878. The monoisotopic (exact) mass is 550 g/mol. The standard InChI is InChI=1S/C30H35FN4O5/c1-4-13-35-25(26(29(37)40-5-2)27(32-30(35)38)21-9-6-11-23(31)18-21)20-33-14-8-15-34(17-16-33)28(36)22-10-7-12-24(19-22)39-3/h4,6-7,9-12,18-19,27H,1,5,8,13-17,20H2,2-3H3,(H,32,38). The van der Waals surface area contributed by atoms with Crippen LogP contribution in [0.4, 0.5) is 9.18 Å². The SMILES string of the molecule is C=CCN1C(=O)NC(c2cccc(F)c2)C(C(=O)OCC)=C1CN1CCCN(C(=O)c2cccc(OC)c2)CC1. The van der Waals surface area contributed by atoms with Gasteiger partial charge in [0.25, 0.3) is 5.91 Å². The number of urea groups is 1. The Bertz CT molecular complexity index is 1300. The quantitative estimate of drug-likeness (QED) is 0.378. The van der Waals surface area contributed by atoms with Crippen molar-refractivity contribution in [3.8, 4) is 5.75 Å². The van der Waals surface area contributed by atoms with Gasteiger partial charge in [-0.15, -0.1) is 6.58 Å². The summed E-state index contributed by atoms with van der Waals surface area (Å²) < 4.78 is 24.8. The van der Waals surface area contributed by atoms with Gasteiger partial charge in [-0.2, -0.15) is 0 Å². The number of nitrogens with one attached hydrogen (secondary N) is 1. The molecule has 2 heterocycles. The largest absolute Gasteiger partial charge is 0.497 e. The molecule has 0 radical (unpaired) electrons. The Morgan fingerprint density at radius 2 is 1.93 bits per heavy atom. The van der Waals surface area contributed by atoms with E-state index in [0.29, 0.717) is 55.2 Å². The molecule has 4 rings (SSSR count). The lowest BCUT2D eigenvalue weighted by Gasteiger charge is -2.38. The molecule has 1 N–H and O–H groups in total. The predicted molar refractivity (Wildman–Crippen MR) is 148 cm³/mol. The summed E-state index contributed by atoms with van der Waals surface area (Å²) in [6.07, 6.45) is 2.29. The summed E-state index contributed by atoms with van der Waals surface area (Å²) in [6.45, 7) is 8.29. The van der Waals surface area contributed by atoms with Gasteiger partial charge in [0.15, 0.2) is 0 Å². The number of ether oxygens (including phenoxy) is 2. The molecule has 9 nitrogen and oxygen atoms in total. The molecule has 10 heteroatoms. The number of carbonyl (C=O) groups excluding carboxylic acids is 3. The summed E-state index contributed by atoms with van der Waals surface area (Å²) in [6, 6.07) is 11.6. The van der Waals surface area contributed by atoms with E-state index in [4.69, 9.17) is 9.47 Å². The number of hydrogen-bond donors (Lipinski definition) is 1. The lowest BCUT2D eigenvalue weighted by Crippen LogP contribution is -2.51. The zero-order valence-corrected chi connectivity index (χ0v) is 22.9. The number of rotatable bonds is 9. The van der Waals surface area contributed by atoms with Crippen molar-refractivity contribution < 1.29 is 28.2 Å². The zero-order valence-electron chi connectivity index (χ0n) is 22.9. The van der Waals surface area contributed by atoms with Gasteiger partial charge in [-0.25, -0.2) is 14.0 Å². The van der Waals surface area contributed by atoms with E-state index < -0.39 is 23.9 Å². The van der Waals surface area contributed by atoms with Crippen molar-refractivity contribution >= 4 is 17.9 Å². The minimum Gasteiger partial charge on any atom is -0.497 e. The molecule has 1 unspecified atom stereocenters. The van der Waals surface area contributed by atoms with Crippen LogP contribution in [0, 0.1) is 5.82 Å². The summed E-state index contributed by atoms with van der Waals surface area (Å²) >= 11 is 0. The van der Waals surface area contributed by atoms with E-state index in [2.05, 4.69) is 16.8 Å². The number of halogens is 1. The minimum absolute atomic E-state index is 0.0799. The maximum Gasteiger partial charge on any atom is 0.338 e. The van der Waals surface area contributed by atoms with Gasteiger partial charge in [0.1, 0.15) is 11.6 Å². The molecule has 1 fully saturated rings. The predicted octanol–water partition coefficient (Wildman–Crippen LogP) is 3.75. The Labute approximate surface area is 233 Å². The van der Waals surface area contributed by atoms with E-state index in [1.54, 1.807) is 55.3 Å². The fraction of sp³-hybridized carbons (Fsp3) is 0.367. The number of amides is 3. The molecule has 212 valence electrons. The second-order valence-electron chi connectivity index (χ2n) is 9.57. The van der Waals surface area contributed by atoms with E-state index in [0.717, 1.165) is 0 Å². The second kappa shape index (κ2) is 13.3. The van der Waals surface area contributed by atoms with Crippen molar-refractivity contribution in [1.29, 1.82) is 0 Å². The first-order chi connectivity index (χ1) is 19.4. The lowest BCUT2D eigenvalue weighted by molar-refractivity contribution is -0.139. The van der Waals surface area contributed by atoms with Crippen molar-refractivity contribution in [2.24, 2.45) is 0 Å². The van der Waals surface area contributed by atoms with Crippen LogP contribution in [0.25, 0.3) is 0 Å². The van der Waals surface area contributed by atoms with Gasteiger partial charge in [0.05, 0.1) is 25.3 Å². The third kappa shape index (κ3) is 6.51. The smallest absolute Gasteiger partial charge is 0.338 e. The number of benzene rings is 2. The van der Waals surface area contributed by atoms with Crippen LogP contribution in [-0.2, 0) is 9.53 Å². The summed E-state index contributed by atoms with van der Waals surface area (Å²) in [7, 11) is 1.56. The molecule has 1 saturated heterocycles. The van der Waals surface area contributed by atoms with E-state index in [-0.39, 0.29) is 31.2 Å². The summed E-state index contributed by atoms with van der Waals surface area (Å²) in [5, 5.41) is 2.85. The molecule has 2 aliphatic heterocycles. The van der Waals surface area contributed by atoms with Gasteiger partial charge >= 0.3 is 12.0 Å². The molecule has 0 spiro atoms. The van der Waals surface area contributed by atoms with Gasteiger partial charge in [0, 0.05) is 50.5 Å². The normalized spacial score (nSPS) is 18.2. The zero-order chi connectivity index (χ0) is 28.6. The Morgan fingerprint density at radius 3 is 2.65 bits per heavy atom. The van der Waals surface area contributed by atoms with Gasteiger partial charge in [-0.3, -0.25) is 14.6 Å². The topological polar surface area (TPSA) is 91.4 Å². The van der Waals surface area contributed by atoms with Crippen LogP contribution in [-0.4, -0.2) is 85.6 Å². The molecule has 40 heavy (non-hydrogen) atoms. The highest BCUT2D eigenvalue weighted by atomic mass is 19.1. The highest BCUT2D eigenvalue weighted by molar-refractivity contribution is 5.95. The van der Waals surface area contributed by atoms with Crippen LogP contribution in [0.3, 0.4) is 0 Å². The van der Waals surface area contributed by atoms with Crippen molar-refractivity contribution in [1.82, 2.24) is 20.0 Å². The first-order valence-corrected chi connectivity index (χ1v) is 13.4. The Morgan fingerprint density at radius 1 is 1.12 bits per heavy atom. The van der Waals surface area contributed by atoms with Gasteiger partial charge in [0.2, 0.25) is 0 Å². The van der Waals surface area contributed by atoms with Gasteiger partial charge < -0.3 is 19.7 Å². The Hall–Kier alpha value is -4.18. The van der Waals surface area contributed by atoms with Gasteiger partial charge in [-0.05, 0) is 49.2 Å². The molecule has 0 bridgehead atoms. The number of esters is 1. The van der Waals surface area contributed by atoms with Crippen LogP contribution >= 0.6 is 0 Å². The molecule has 1 atom stereocenters. The summed E-state index contributed by atoms with van der Waals surface area (Å²) in [5.74, 6) is -0.515. The van der Waals surface area contributed by atoms with Gasteiger partial charge in [-0.1, -0.05) is 24.3 Å². The molecule has 0 saturated carbocycles. The van der Waals surface area contributed by atoms with Crippen molar-refractivity contribution in [2.45, 2.75) is 19.4 Å². The van der Waals surface area contributed by atoms with Crippen LogP contribution in [0.15, 0.2) is 72.5 Å². The van der Waals surface area contributed by atoms with Crippen molar-refractivity contribution in [3.05, 3.63) is 89.4 Å². The third-order valence-electron chi connectivity index (χ3n) is 6.99. The molecule has 0 aliphatic carbocycles. The highest BCUT2D eigenvalue weighted by Crippen LogP contribution is 2.32. The molecule has 3 amide bonds. The average Bonchev–Trinajstić information content (AvgIpc) is 3.20. The summed E-state index contributed by atoms with van der Waals surface area (Å²) in [5.41, 5.74) is 1.73. The van der Waals surface area contributed by atoms with E-state index >= 15 is 0 Å². The third-order valence-corrected chi connectivity index (χ3v) is 6.99. The lowest BCUT2D eigenvalue weighted by atomic mass is 9.94. The molecule has 2 aliphatic rings. The second-order valence-corrected chi connectivity index (χ2v) is 9.57. The Balaban J connectivity index is 1.63. The van der Waals surface area contributed by atoms with Crippen LogP contribution < -0.4 is 10.1 Å². The summed E-state index contributed by atoms with van der Waals surface area (Å²) in [4.78, 5) is 45.2. The number of hydrogen-bond acceptors (Lipinski definition) is 6. The van der Waals surface area contributed by atoms with E-state index in [9.17, 15) is 18.8 Å². The fourth-order valence-corrected chi connectivity index (χ4v) is 5.06. The molecule has 0 aromatic heterocycles. The maximum absolute atomic E-state index is 14.2. The first kappa shape index (κ1) is 28.8. The van der Waals surface area contributed by atoms with Crippen molar-refractivity contribution in [2.75, 3.05) is 53.0 Å². The number of methoxy groups -OCH3 is 1. The van der Waals surface area contributed by atoms with E-state index in [1.165, 1.54) is 23.1 Å². The van der Waals surface area contributed by atoms with E-state index in [1.807, 2.05) is 0 Å². The average molecular weight is 551 g/mol. The van der Waals surface area contributed by atoms with Crippen LogP contribution in [0.2, 0.25) is 0 Å². The Kier molecular flexibility index (Phi) is 9.55. The fourth-order valence-electron chi connectivity index (χ4n) is 5.06. The van der Waals surface area contributed by atoms with Crippen molar-refractivity contribution in [3.63, 3.8) is 0 Å². The molecular weight excluding hydrogens is 515 g/mol. The molecule has 2 aromatic rings. The highest BCUT2D eigenvalue weighted by Gasteiger charge is 2.38. The number of nitrogens with zero attached hydrogens (tertiary/aromatic N) is 3.